The number of nitrogens with one attached hydrogen (secondary N) is 1. The Morgan fingerprint density at radius 3 is 2.67 bits per heavy atom. The Morgan fingerprint density at radius 2 is 2.04 bits per heavy atom. The van der Waals surface area contributed by atoms with Gasteiger partial charge in [0.15, 0.2) is 5.78 Å². The summed E-state index contributed by atoms with van der Waals surface area (Å²) in [6.07, 6.45) is 3.34. The minimum absolute atomic E-state index is 0.0102. The first kappa shape index (κ1) is 19.3. The molecule has 0 saturated heterocycles. The van der Waals surface area contributed by atoms with Crippen molar-refractivity contribution in [3.05, 3.63) is 75.2 Å². The second-order valence-electron chi connectivity index (χ2n) is 5.95. The van der Waals surface area contributed by atoms with E-state index in [0.717, 1.165) is 0 Å². The average Bonchev–Trinajstić information content (AvgIpc) is 3.27. The first-order chi connectivity index (χ1) is 13.0. The molecule has 27 heavy (non-hydrogen) atoms. The van der Waals surface area contributed by atoms with Gasteiger partial charge in [0.2, 0.25) is 5.91 Å². The van der Waals surface area contributed by atoms with Crippen molar-refractivity contribution in [1.82, 2.24) is 14.9 Å². The van der Waals surface area contributed by atoms with Gasteiger partial charge in [-0.05, 0) is 18.2 Å². The van der Waals surface area contributed by atoms with Crippen LogP contribution in [0.4, 0.5) is 4.39 Å². The van der Waals surface area contributed by atoms with Crippen molar-refractivity contribution in [1.29, 1.82) is 0 Å². The summed E-state index contributed by atoms with van der Waals surface area (Å²) in [7, 11) is 1.77. The van der Waals surface area contributed by atoms with Crippen LogP contribution in [0.25, 0.3) is 0 Å². The molecule has 0 aliphatic carbocycles. The number of thiophene rings is 1. The van der Waals surface area contributed by atoms with E-state index in [0.29, 0.717) is 20.6 Å². The highest BCUT2D eigenvalue weighted by Crippen LogP contribution is 2.24. The van der Waals surface area contributed by atoms with Crippen molar-refractivity contribution in [2.45, 2.75) is 18.9 Å². The third-order valence-corrected chi connectivity index (χ3v) is 5.34. The van der Waals surface area contributed by atoms with Crippen LogP contribution in [0, 0.1) is 5.82 Å². The van der Waals surface area contributed by atoms with Gasteiger partial charge in [-0.3, -0.25) is 9.59 Å². The van der Waals surface area contributed by atoms with E-state index in [2.05, 4.69) is 10.3 Å². The van der Waals surface area contributed by atoms with E-state index >= 15 is 0 Å². The van der Waals surface area contributed by atoms with Crippen LogP contribution in [-0.2, 0) is 11.8 Å². The Labute approximate surface area is 164 Å². The van der Waals surface area contributed by atoms with Crippen LogP contribution in [0.5, 0.6) is 0 Å². The van der Waals surface area contributed by atoms with Crippen LogP contribution >= 0.6 is 22.9 Å². The second kappa shape index (κ2) is 8.45. The molecule has 0 fully saturated rings. The quantitative estimate of drug-likeness (QED) is 0.601. The van der Waals surface area contributed by atoms with Crippen molar-refractivity contribution < 1.29 is 14.0 Å². The molecule has 3 rings (SSSR count). The molecular formula is C19H17ClFN3O2S. The Hall–Kier alpha value is -2.51. The lowest BCUT2D eigenvalue weighted by atomic mass is 10.0. The Morgan fingerprint density at radius 1 is 1.26 bits per heavy atom. The third kappa shape index (κ3) is 4.61. The fraction of sp³-hybridized carbons (Fsp3) is 0.211. The molecule has 2 aromatic heterocycles. The Bertz CT molecular complexity index is 969. The lowest BCUT2D eigenvalue weighted by Crippen LogP contribution is -2.31. The summed E-state index contributed by atoms with van der Waals surface area (Å²) in [6, 6.07) is 8.77. The van der Waals surface area contributed by atoms with E-state index in [1.807, 2.05) is 0 Å². The highest BCUT2D eigenvalue weighted by Gasteiger charge is 2.23. The molecule has 3 aromatic rings. The van der Waals surface area contributed by atoms with Gasteiger partial charge < -0.3 is 9.88 Å². The number of rotatable bonds is 7. The molecule has 0 aliphatic rings. The number of Topliss-reactive ketones (excluding diaryl/α,β-unsaturated/α-hetero) is 1. The van der Waals surface area contributed by atoms with Gasteiger partial charge >= 0.3 is 0 Å². The molecule has 2 heterocycles. The topological polar surface area (TPSA) is 64.0 Å². The molecule has 0 spiro atoms. The van der Waals surface area contributed by atoms with E-state index in [-0.39, 0.29) is 24.5 Å². The highest BCUT2D eigenvalue weighted by atomic mass is 35.5. The zero-order chi connectivity index (χ0) is 19.4. The first-order valence-electron chi connectivity index (χ1n) is 8.25. The summed E-state index contributed by atoms with van der Waals surface area (Å²) in [5.74, 6) is -0.441. The lowest BCUT2D eigenvalue weighted by molar-refractivity contribution is -0.121. The molecule has 0 saturated carbocycles. The fourth-order valence-electron chi connectivity index (χ4n) is 2.69. The molecule has 0 bridgehead atoms. The number of amides is 1. The second-order valence-corrected chi connectivity index (χ2v) is 7.66. The van der Waals surface area contributed by atoms with E-state index < -0.39 is 11.9 Å². The molecule has 0 unspecified atom stereocenters. The third-order valence-electron chi connectivity index (χ3n) is 4.07. The van der Waals surface area contributed by atoms with Crippen molar-refractivity contribution in [3.63, 3.8) is 0 Å². The fourth-order valence-corrected chi connectivity index (χ4v) is 3.70. The lowest BCUT2D eigenvalue weighted by Gasteiger charge is -2.19. The molecule has 5 nitrogen and oxygen atoms in total. The van der Waals surface area contributed by atoms with Gasteiger partial charge in [-0.1, -0.05) is 29.8 Å². The number of imidazole rings is 1. The SMILES string of the molecule is Cn1ccnc1[C@@H](NC(=O)CCC(=O)c1ccc(Cl)s1)c1ccccc1F. The smallest absolute Gasteiger partial charge is 0.221 e. The molecule has 8 heteroatoms. The van der Waals surface area contributed by atoms with Crippen LogP contribution < -0.4 is 5.32 Å². The largest absolute Gasteiger partial charge is 0.342 e. The monoisotopic (exact) mass is 405 g/mol. The summed E-state index contributed by atoms with van der Waals surface area (Å²) in [4.78, 5) is 29.3. The zero-order valence-electron chi connectivity index (χ0n) is 14.5. The maximum absolute atomic E-state index is 14.3. The van der Waals surface area contributed by atoms with Gasteiger partial charge in [-0.2, -0.15) is 0 Å². The van der Waals surface area contributed by atoms with Gasteiger partial charge in [-0.15, -0.1) is 11.3 Å². The van der Waals surface area contributed by atoms with E-state index in [9.17, 15) is 14.0 Å². The van der Waals surface area contributed by atoms with Crippen LogP contribution in [-0.4, -0.2) is 21.2 Å². The molecule has 140 valence electrons. The van der Waals surface area contributed by atoms with Gasteiger partial charge in [-0.25, -0.2) is 9.37 Å². The number of benzene rings is 1. The normalized spacial score (nSPS) is 12.0. The van der Waals surface area contributed by atoms with Gasteiger partial charge in [0.1, 0.15) is 17.7 Å². The molecule has 1 atom stereocenters. The first-order valence-corrected chi connectivity index (χ1v) is 9.44. The molecule has 0 aliphatic heterocycles. The molecule has 0 radical (unpaired) electrons. The molecule has 1 amide bonds. The van der Waals surface area contributed by atoms with Crippen molar-refractivity contribution >= 4 is 34.6 Å². The van der Waals surface area contributed by atoms with E-state index in [4.69, 9.17) is 11.6 Å². The van der Waals surface area contributed by atoms with Crippen LogP contribution in [0.1, 0.15) is 39.9 Å². The molecular weight excluding hydrogens is 389 g/mol. The maximum Gasteiger partial charge on any atom is 0.221 e. The number of hydrogen-bond donors (Lipinski definition) is 1. The van der Waals surface area contributed by atoms with Crippen molar-refractivity contribution in [2.24, 2.45) is 7.05 Å². The van der Waals surface area contributed by atoms with E-state index in [1.165, 1.54) is 17.4 Å². The predicted molar refractivity (Wildman–Crippen MR) is 102 cm³/mol. The Kier molecular flexibility index (Phi) is 6.03. The number of ketones is 1. The minimum atomic E-state index is -0.745. The number of carbonyl (C=O) groups excluding carboxylic acids is 2. The average molecular weight is 406 g/mol. The van der Waals surface area contributed by atoms with E-state index in [1.54, 1.807) is 54.3 Å². The summed E-state index contributed by atoms with van der Waals surface area (Å²) in [5, 5.41) is 2.79. The van der Waals surface area contributed by atoms with Gasteiger partial charge in [0.05, 0.1) is 9.21 Å². The van der Waals surface area contributed by atoms with Gasteiger partial charge in [0.25, 0.3) is 0 Å². The van der Waals surface area contributed by atoms with Gasteiger partial charge in [0, 0.05) is 37.8 Å². The van der Waals surface area contributed by atoms with Crippen molar-refractivity contribution in [2.75, 3.05) is 0 Å². The summed E-state index contributed by atoms with van der Waals surface area (Å²) in [6.45, 7) is 0. The zero-order valence-corrected chi connectivity index (χ0v) is 16.1. The standard InChI is InChI=1S/C19H17ClFN3O2S/c1-24-11-10-22-19(24)18(12-4-2-3-5-13(12)21)23-17(26)9-6-14(25)15-7-8-16(20)27-15/h2-5,7-8,10-11,18H,6,9H2,1H3,(H,23,26)/t18-/m0/s1. The van der Waals surface area contributed by atoms with Crippen LogP contribution in [0.15, 0.2) is 48.8 Å². The molecule has 1 aromatic carbocycles. The Balaban J connectivity index is 1.72. The number of nitrogens with zero attached hydrogens (tertiary/aromatic N) is 2. The van der Waals surface area contributed by atoms with Crippen LogP contribution in [0.2, 0.25) is 4.34 Å². The van der Waals surface area contributed by atoms with Crippen molar-refractivity contribution in [3.8, 4) is 0 Å². The van der Waals surface area contributed by atoms with Crippen LogP contribution in [0.3, 0.4) is 0 Å². The summed E-state index contributed by atoms with van der Waals surface area (Å²) >= 11 is 7.01. The highest BCUT2D eigenvalue weighted by molar-refractivity contribution is 7.18. The predicted octanol–water partition coefficient (Wildman–Crippen LogP) is 4.14. The minimum Gasteiger partial charge on any atom is -0.342 e. The number of aromatic nitrogens is 2. The maximum atomic E-state index is 14.3. The summed E-state index contributed by atoms with van der Waals surface area (Å²) < 4.78 is 16.5. The number of aryl methyl sites for hydroxylation is 1. The summed E-state index contributed by atoms with van der Waals surface area (Å²) in [5.41, 5.74) is 0.316. The molecule has 1 N–H and O–H groups in total. The number of halogens is 2. The number of hydrogen-bond acceptors (Lipinski definition) is 4. The number of carbonyl (C=O) groups is 2.